The van der Waals surface area contributed by atoms with Gasteiger partial charge in [-0.3, -0.25) is 9.69 Å². The van der Waals surface area contributed by atoms with E-state index in [9.17, 15) is 9.90 Å². The van der Waals surface area contributed by atoms with Crippen LogP contribution in [-0.2, 0) is 4.79 Å². The molecule has 0 aliphatic carbocycles. The first-order valence-electron chi connectivity index (χ1n) is 6.73. The molecule has 2 fully saturated rings. The van der Waals surface area contributed by atoms with Crippen LogP contribution in [0, 0.1) is 0 Å². The Labute approximate surface area is 108 Å². The number of aliphatic carboxylic acids is 1. The van der Waals surface area contributed by atoms with Crippen LogP contribution in [0.4, 0.5) is 0 Å². The summed E-state index contributed by atoms with van der Waals surface area (Å²) in [6.07, 6.45) is 6.45. The van der Waals surface area contributed by atoms with Gasteiger partial charge in [0.25, 0.3) is 0 Å². The van der Waals surface area contributed by atoms with Gasteiger partial charge in [0, 0.05) is 10.8 Å². The SMILES string of the molecule is CC1SCCC1(CC(=O)O)N1CCCCCC1. The monoisotopic (exact) mass is 257 g/mol. The third-order valence-corrected chi connectivity index (χ3v) is 5.73. The number of carboxylic acids is 1. The van der Waals surface area contributed by atoms with Crippen molar-refractivity contribution in [3.05, 3.63) is 0 Å². The second-order valence-corrected chi connectivity index (χ2v) is 6.79. The number of rotatable bonds is 3. The number of hydrogen-bond acceptors (Lipinski definition) is 3. The van der Waals surface area contributed by atoms with Crippen molar-refractivity contribution in [1.29, 1.82) is 0 Å². The predicted molar refractivity (Wildman–Crippen MR) is 71.6 cm³/mol. The summed E-state index contributed by atoms with van der Waals surface area (Å²) in [5.41, 5.74) is -0.0686. The molecule has 0 amide bonds. The van der Waals surface area contributed by atoms with Crippen molar-refractivity contribution >= 4 is 17.7 Å². The molecule has 2 atom stereocenters. The Balaban J connectivity index is 2.16. The first-order valence-corrected chi connectivity index (χ1v) is 7.78. The molecular weight excluding hydrogens is 234 g/mol. The van der Waals surface area contributed by atoms with Crippen molar-refractivity contribution in [2.75, 3.05) is 18.8 Å². The molecule has 0 aromatic rings. The van der Waals surface area contributed by atoms with E-state index in [1.54, 1.807) is 0 Å². The summed E-state index contributed by atoms with van der Waals surface area (Å²) in [7, 11) is 0. The molecule has 2 aliphatic rings. The van der Waals surface area contributed by atoms with Gasteiger partial charge in [-0.15, -0.1) is 0 Å². The highest BCUT2D eigenvalue weighted by molar-refractivity contribution is 8.00. The summed E-state index contributed by atoms with van der Waals surface area (Å²) in [5, 5.41) is 9.68. The average Bonchev–Trinajstić information content (AvgIpc) is 2.54. The second kappa shape index (κ2) is 5.61. The fourth-order valence-corrected chi connectivity index (χ4v) is 4.79. The molecule has 0 aromatic heterocycles. The van der Waals surface area contributed by atoms with Crippen molar-refractivity contribution in [3.63, 3.8) is 0 Å². The molecule has 2 heterocycles. The fourth-order valence-electron chi connectivity index (χ4n) is 3.31. The maximum absolute atomic E-state index is 11.2. The number of nitrogens with zero attached hydrogens (tertiary/aromatic N) is 1. The van der Waals surface area contributed by atoms with Crippen LogP contribution >= 0.6 is 11.8 Å². The highest BCUT2D eigenvalue weighted by Crippen LogP contribution is 2.43. The molecule has 2 unspecified atom stereocenters. The van der Waals surface area contributed by atoms with Crippen LogP contribution in [-0.4, -0.2) is 45.6 Å². The van der Waals surface area contributed by atoms with Gasteiger partial charge in [-0.25, -0.2) is 0 Å². The first kappa shape index (κ1) is 13.2. The van der Waals surface area contributed by atoms with Gasteiger partial charge in [-0.05, 0) is 38.1 Å². The minimum Gasteiger partial charge on any atom is -0.481 e. The molecular formula is C13H23NO2S. The van der Waals surface area contributed by atoms with E-state index in [1.807, 2.05) is 11.8 Å². The minimum absolute atomic E-state index is 0.0686. The first-order chi connectivity index (χ1) is 8.15. The van der Waals surface area contributed by atoms with Gasteiger partial charge in [-0.2, -0.15) is 11.8 Å². The molecule has 98 valence electrons. The average molecular weight is 257 g/mol. The molecule has 2 aliphatic heterocycles. The maximum atomic E-state index is 11.2. The van der Waals surface area contributed by atoms with Crippen molar-refractivity contribution in [3.8, 4) is 0 Å². The molecule has 17 heavy (non-hydrogen) atoms. The topological polar surface area (TPSA) is 40.5 Å². The lowest BCUT2D eigenvalue weighted by atomic mass is 9.86. The largest absolute Gasteiger partial charge is 0.481 e. The summed E-state index contributed by atoms with van der Waals surface area (Å²) in [4.78, 5) is 13.7. The van der Waals surface area contributed by atoms with E-state index in [-0.39, 0.29) is 5.54 Å². The molecule has 1 N–H and O–H groups in total. The quantitative estimate of drug-likeness (QED) is 0.843. The maximum Gasteiger partial charge on any atom is 0.305 e. The molecule has 0 bridgehead atoms. The van der Waals surface area contributed by atoms with E-state index in [2.05, 4.69) is 11.8 Å². The van der Waals surface area contributed by atoms with Crippen LogP contribution in [0.1, 0.15) is 45.4 Å². The van der Waals surface area contributed by atoms with Crippen LogP contribution in [0.5, 0.6) is 0 Å². The minimum atomic E-state index is -0.636. The number of carboxylic acid groups (broad SMARTS) is 1. The van der Waals surface area contributed by atoms with Gasteiger partial charge in [-0.1, -0.05) is 19.8 Å². The molecule has 2 rings (SSSR count). The standard InChI is InChI=1S/C13H23NO2S/c1-11-13(6-9-17-11,10-12(15)16)14-7-4-2-3-5-8-14/h11H,2-10H2,1H3,(H,15,16). The lowest BCUT2D eigenvalue weighted by molar-refractivity contribution is -0.140. The van der Waals surface area contributed by atoms with Crippen molar-refractivity contribution in [1.82, 2.24) is 4.90 Å². The Morgan fingerprint density at radius 1 is 1.35 bits per heavy atom. The highest BCUT2D eigenvalue weighted by atomic mass is 32.2. The number of hydrogen-bond donors (Lipinski definition) is 1. The number of carbonyl (C=O) groups is 1. The predicted octanol–water partition coefficient (Wildman–Crippen LogP) is 2.60. The van der Waals surface area contributed by atoms with Gasteiger partial charge in [0.2, 0.25) is 0 Å². The van der Waals surface area contributed by atoms with E-state index < -0.39 is 5.97 Å². The molecule has 0 radical (unpaired) electrons. The Kier molecular flexibility index (Phi) is 4.36. The van der Waals surface area contributed by atoms with E-state index >= 15 is 0 Å². The van der Waals surface area contributed by atoms with Gasteiger partial charge in [0.05, 0.1) is 6.42 Å². The Morgan fingerprint density at radius 3 is 2.47 bits per heavy atom. The van der Waals surface area contributed by atoms with E-state index in [0.717, 1.165) is 25.3 Å². The number of thioether (sulfide) groups is 1. The highest BCUT2D eigenvalue weighted by Gasteiger charge is 2.46. The zero-order valence-corrected chi connectivity index (χ0v) is 11.5. The van der Waals surface area contributed by atoms with Gasteiger partial charge >= 0.3 is 5.97 Å². The Bertz CT molecular complexity index is 277. The van der Waals surface area contributed by atoms with Gasteiger partial charge in [0.15, 0.2) is 0 Å². The van der Waals surface area contributed by atoms with Crippen LogP contribution in [0.2, 0.25) is 0 Å². The summed E-state index contributed by atoms with van der Waals surface area (Å²) < 4.78 is 0. The Hall–Kier alpha value is -0.220. The zero-order valence-electron chi connectivity index (χ0n) is 10.7. The smallest absolute Gasteiger partial charge is 0.305 e. The summed E-state index contributed by atoms with van der Waals surface area (Å²) in [5.74, 6) is 0.480. The molecule has 3 nitrogen and oxygen atoms in total. The van der Waals surface area contributed by atoms with E-state index in [0.29, 0.717) is 11.7 Å². The summed E-state index contributed by atoms with van der Waals surface area (Å²) in [6, 6.07) is 0. The van der Waals surface area contributed by atoms with Crippen LogP contribution in [0.25, 0.3) is 0 Å². The van der Waals surface area contributed by atoms with Crippen molar-refractivity contribution in [2.45, 2.75) is 56.2 Å². The number of likely N-dealkylation sites (tertiary alicyclic amines) is 1. The van der Waals surface area contributed by atoms with E-state index in [4.69, 9.17) is 0 Å². The van der Waals surface area contributed by atoms with E-state index in [1.165, 1.54) is 25.7 Å². The lowest BCUT2D eigenvalue weighted by Crippen LogP contribution is -2.54. The van der Waals surface area contributed by atoms with Gasteiger partial charge in [0.1, 0.15) is 0 Å². The third kappa shape index (κ3) is 2.79. The second-order valence-electron chi connectivity index (χ2n) is 5.34. The van der Waals surface area contributed by atoms with Gasteiger partial charge < -0.3 is 5.11 Å². The Morgan fingerprint density at radius 2 is 2.00 bits per heavy atom. The lowest BCUT2D eigenvalue weighted by Gasteiger charge is -2.42. The van der Waals surface area contributed by atoms with Crippen molar-refractivity contribution in [2.24, 2.45) is 0 Å². The zero-order chi connectivity index (χ0) is 12.3. The molecule has 0 saturated carbocycles. The third-order valence-electron chi connectivity index (χ3n) is 4.35. The molecule has 2 saturated heterocycles. The molecule has 0 aromatic carbocycles. The molecule has 0 spiro atoms. The van der Waals surface area contributed by atoms with Crippen LogP contribution in [0.3, 0.4) is 0 Å². The van der Waals surface area contributed by atoms with Crippen molar-refractivity contribution < 1.29 is 9.90 Å². The molecule has 4 heteroatoms. The van der Waals surface area contributed by atoms with Crippen LogP contribution < -0.4 is 0 Å². The normalized spacial score (nSPS) is 35.7. The van der Waals surface area contributed by atoms with Crippen LogP contribution in [0.15, 0.2) is 0 Å². The summed E-state index contributed by atoms with van der Waals surface area (Å²) >= 11 is 1.94. The fraction of sp³-hybridized carbons (Fsp3) is 0.923. The summed E-state index contributed by atoms with van der Waals surface area (Å²) in [6.45, 7) is 4.40.